The van der Waals surface area contributed by atoms with Crippen LogP contribution in [-0.2, 0) is 21.4 Å². The molecule has 0 aliphatic rings. The predicted molar refractivity (Wildman–Crippen MR) is 145 cm³/mol. The van der Waals surface area contributed by atoms with Crippen molar-refractivity contribution in [3.63, 3.8) is 0 Å². The lowest BCUT2D eigenvalue weighted by molar-refractivity contribution is -0.127. The molecule has 182 valence electrons. The number of benzene rings is 4. The second-order valence-corrected chi connectivity index (χ2v) is 9.49. The van der Waals surface area contributed by atoms with Crippen molar-refractivity contribution >= 4 is 35.0 Å². The molecular formula is C30H26Cl2N2O2. The summed E-state index contributed by atoms with van der Waals surface area (Å²) in [4.78, 5) is 26.0. The van der Waals surface area contributed by atoms with Gasteiger partial charge in [0.05, 0.1) is 5.41 Å². The van der Waals surface area contributed by atoms with E-state index in [-0.39, 0.29) is 18.7 Å². The minimum absolute atomic E-state index is 0.0726. The van der Waals surface area contributed by atoms with Crippen LogP contribution >= 0.6 is 23.2 Å². The third-order valence-electron chi connectivity index (χ3n) is 6.34. The molecule has 0 spiro atoms. The molecule has 0 fully saturated rings. The number of rotatable bonds is 9. The van der Waals surface area contributed by atoms with Gasteiger partial charge >= 0.3 is 0 Å². The molecular weight excluding hydrogens is 491 g/mol. The molecule has 0 radical (unpaired) electrons. The van der Waals surface area contributed by atoms with Crippen molar-refractivity contribution in [1.82, 2.24) is 5.32 Å². The van der Waals surface area contributed by atoms with E-state index in [9.17, 15) is 9.59 Å². The smallest absolute Gasteiger partial charge is 0.240 e. The maximum Gasteiger partial charge on any atom is 0.240 e. The van der Waals surface area contributed by atoms with Gasteiger partial charge in [-0.3, -0.25) is 9.59 Å². The van der Waals surface area contributed by atoms with Crippen LogP contribution in [0.15, 0.2) is 109 Å². The normalized spacial score (nSPS) is 12.1. The van der Waals surface area contributed by atoms with Gasteiger partial charge in [-0.05, 0) is 34.4 Å². The van der Waals surface area contributed by atoms with Gasteiger partial charge in [-0.25, -0.2) is 0 Å². The lowest BCUT2D eigenvalue weighted by atomic mass is 9.67. The molecule has 0 saturated carbocycles. The number of primary amides is 1. The van der Waals surface area contributed by atoms with Gasteiger partial charge in [0.2, 0.25) is 11.8 Å². The molecule has 4 aromatic carbocycles. The molecule has 0 aliphatic heterocycles. The Bertz CT molecular complexity index is 1230. The number of nitrogens with two attached hydrogens (primary N) is 1. The Kier molecular flexibility index (Phi) is 8.09. The van der Waals surface area contributed by atoms with E-state index in [1.54, 1.807) is 18.2 Å². The minimum atomic E-state index is -0.934. The SMILES string of the molecule is NC(=O)[C@@H](Cc1ccc(Cl)cc1Cl)NC(=O)CC(c1ccccc1)(c1ccccc1)c1ccccc1. The van der Waals surface area contributed by atoms with E-state index >= 15 is 0 Å². The average molecular weight is 517 g/mol. The summed E-state index contributed by atoms with van der Waals surface area (Å²) in [6, 6.07) is 33.8. The highest BCUT2D eigenvalue weighted by atomic mass is 35.5. The minimum Gasteiger partial charge on any atom is -0.368 e. The third-order valence-corrected chi connectivity index (χ3v) is 6.93. The first kappa shape index (κ1) is 25.5. The molecule has 0 unspecified atom stereocenters. The molecule has 4 aromatic rings. The summed E-state index contributed by atoms with van der Waals surface area (Å²) in [6.07, 6.45) is 0.231. The summed E-state index contributed by atoms with van der Waals surface area (Å²) in [5, 5.41) is 3.77. The van der Waals surface area contributed by atoms with Gasteiger partial charge in [-0.2, -0.15) is 0 Å². The van der Waals surface area contributed by atoms with E-state index in [4.69, 9.17) is 28.9 Å². The molecule has 0 aliphatic carbocycles. The van der Waals surface area contributed by atoms with Crippen LogP contribution < -0.4 is 11.1 Å². The third kappa shape index (κ3) is 5.62. The maximum atomic E-state index is 13.6. The fraction of sp³-hybridized carbons (Fsp3) is 0.133. The highest BCUT2D eigenvalue weighted by Crippen LogP contribution is 2.42. The van der Waals surface area contributed by atoms with Crippen LogP contribution in [-0.4, -0.2) is 17.9 Å². The highest BCUT2D eigenvalue weighted by Gasteiger charge is 2.39. The standard InChI is InChI=1S/C30H26Cl2N2O2/c31-25-17-16-21(26(32)19-25)18-27(29(33)36)34-28(35)20-30(22-10-4-1-5-11-22,23-12-6-2-7-13-23)24-14-8-3-9-15-24/h1-17,19,27H,18,20H2,(H2,33,36)(H,34,35)/t27-/m1/s1. The summed E-state index contributed by atoms with van der Waals surface area (Å²) in [5.74, 6) is -0.945. The summed E-state index contributed by atoms with van der Waals surface area (Å²) in [7, 11) is 0. The number of hydrogen-bond donors (Lipinski definition) is 2. The van der Waals surface area contributed by atoms with Gasteiger partial charge < -0.3 is 11.1 Å². The highest BCUT2D eigenvalue weighted by molar-refractivity contribution is 6.35. The Morgan fingerprint density at radius 2 is 1.22 bits per heavy atom. The number of amides is 2. The molecule has 6 heteroatoms. The number of carbonyl (C=O) groups excluding carboxylic acids is 2. The largest absolute Gasteiger partial charge is 0.368 e. The van der Waals surface area contributed by atoms with Crippen molar-refractivity contribution in [2.45, 2.75) is 24.3 Å². The summed E-state index contributed by atoms with van der Waals surface area (Å²) in [6.45, 7) is 0. The van der Waals surface area contributed by atoms with Gasteiger partial charge in [0.15, 0.2) is 0 Å². The number of nitrogens with one attached hydrogen (secondary N) is 1. The van der Waals surface area contributed by atoms with Gasteiger partial charge in [0.25, 0.3) is 0 Å². The van der Waals surface area contributed by atoms with Crippen LogP contribution in [0.2, 0.25) is 10.0 Å². The Hall–Kier alpha value is -3.60. The summed E-state index contributed by atoms with van der Waals surface area (Å²) >= 11 is 12.3. The Balaban J connectivity index is 1.72. The Morgan fingerprint density at radius 3 is 1.64 bits per heavy atom. The van der Waals surface area contributed by atoms with E-state index in [1.807, 2.05) is 91.0 Å². The zero-order chi connectivity index (χ0) is 25.5. The lowest BCUT2D eigenvalue weighted by Gasteiger charge is -2.36. The topological polar surface area (TPSA) is 72.2 Å². The van der Waals surface area contributed by atoms with Crippen LogP contribution in [0.5, 0.6) is 0 Å². The molecule has 4 nitrogen and oxygen atoms in total. The molecule has 0 saturated heterocycles. The van der Waals surface area contributed by atoms with Crippen molar-refractivity contribution < 1.29 is 9.59 Å². The number of hydrogen-bond acceptors (Lipinski definition) is 2. The molecule has 36 heavy (non-hydrogen) atoms. The second kappa shape index (κ2) is 11.4. The van der Waals surface area contributed by atoms with Crippen molar-refractivity contribution in [3.05, 3.63) is 141 Å². The average Bonchev–Trinajstić information content (AvgIpc) is 2.90. The Morgan fingerprint density at radius 1 is 0.750 bits per heavy atom. The monoisotopic (exact) mass is 516 g/mol. The zero-order valence-electron chi connectivity index (χ0n) is 19.5. The molecule has 1 atom stereocenters. The van der Waals surface area contributed by atoms with Gasteiger partial charge in [0.1, 0.15) is 6.04 Å². The maximum absolute atomic E-state index is 13.6. The van der Waals surface area contributed by atoms with Crippen LogP contribution in [0.25, 0.3) is 0 Å². The van der Waals surface area contributed by atoms with Gasteiger partial charge in [-0.15, -0.1) is 0 Å². The predicted octanol–water partition coefficient (Wildman–Crippen LogP) is 5.93. The molecule has 0 aromatic heterocycles. The summed E-state index contributed by atoms with van der Waals surface area (Å²) < 4.78 is 0. The van der Waals surface area contributed by atoms with Crippen LogP contribution in [0.4, 0.5) is 0 Å². The fourth-order valence-electron chi connectivity index (χ4n) is 4.59. The van der Waals surface area contributed by atoms with Gasteiger partial charge in [-0.1, -0.05) is 120 Å². The Labute approximate surface area is 221 Å². The van der Waals surface area contributed by atoms with Crippen molar-refractivity contribution in [3.8, 4) is 0 Å². The second-order valence-electron chi connectivity index (χ2n) is 8.64. The first-order valence-electron chi connectivity index (χ1n) is 11.6. The van der Waals surface area contributed by atoms with Crippen molar-refractivity contribution in [1.29, 1.82) is 0 Å². The summed E-state index contributed by atoms with van der Waals surface area (Å²) in [5.41, 5.74) is 8.48. The van der Waals surface area contributed by atoms with E-state index in [1.165, 1.54) is 0 Å². The van der Waals surface area contributed by atoms with E-state index < -0.39 is 17.4 Å². The van der Waals surface area contributed by atoms with Crippen molar-refractivity contribution in [2.75, 3.05) is 0 Å². The molecule has 3 N–H and O–H groups in total. The number of halogens is 2. The van der Waals surface area contributed by atoms with Crippen LogP contribution in [0.3, 0.4) is 0 Å². The van der Waals surface area contributed by atoms with E-state index in [0.717, 1.165) is 16.7 Å². The quantitative estimate of drug-likeness (QED) is 0.270. The zero-order valence-corrected chi connectivity index (χ0v) is 21.0. The molecule has 2 amide bonds. The molecule has 0 bridgehead atoms. The lowest BCUT2D eigenvalue weighted by Crippen LogP contribution is -2.48. The fourth-order valence-corrected chi connectivity index (χ4v) is 5.08. The van der Waals surface area contributed by atoms with Crippen LogP contribution in [0, 0.1) is 0 Å². The first-order valence-corrected chi connectivity index (χ1v) is 12.3. The van der Waals surface area contributed by atoms with Crippen LogP contribution in [0.1, 0.15) is 28.7 Å². The van der Waals surface area contributed by atoms with E-state index in [2.05, 4.69) is 5.32 Å². The number of carbonyl (C=O) groups is 2. The van der Waals surface area contributed by atoms with Gasteiger partial charge in [0, 0.05) is 22.9 Å². The molecule has 0 heterocycles. The first-order chi connectivity index (χ1) is 17.4. The van der Waals surface area contributed by atoms with E-state index in [0.29, 0.717) is 15.6 Å². The van der Waals surface area contributed by atoms with Crippen molar-refractivity contribution in [2.24, 2.45) is 5.73 Å². The molecule has 4 rings (SSSR count).